The summed E-state index contributed by atoms with van der Waals surface area (Å²) < 4.78 is 22.9. The zero-order valence-corrected chi connectivity index (χ0v) is 23.5. The molecule has 0 aromatic rings. The minimum Gasteiger partial charge on any atom is -0.395 e. The number of aliphatic hydroxyl groups is 11. The van der Waals surface area contributed by atoms with Gasteiger partial charge in [-0.05, 0) is 6.42 Å². The number of nitrogens with one attached hydrogen (secondary N) is 2. The van der Waals surface area contributed by atoms with Gasteiger partial charge in [0.25, 0.3) is 0 Å². The van der Waals surface area contributed by atoms with Crippen molar-refractivity contribution in [3.05, 3.63) is 0 Å². The smallest absolute Gasteiger partial charge is 0.187 e. The van der Waals surface area contributed by atoms with Gasteiger partial charge in [0.05, 0.1) is 44.6 Å². The zero-order valence-electron chi connectivity index (χ0n) is 23.5. The van der Waals surface area contributed by atoms with E-state index in [1.165, 1.54) is 0 Å². The summed E-state index contributed by atoms with van der Waals surface area (Å²) in [4.78, 5) is 0. The van der Waals surface area contributed by atoms with Gasteiger partial charge in [-0.1, -0.05) is 0 Å². The summed E-state index contributed by atoms with van der Waals surface area (Å²) >= 11 is 0. The second kappa shape index (κ2) is 16.7. The lowest BCUT2D eigenvalue weighted by atomic mass is 9.83. The molecule has 3 rings (SSSR count). The Balaban J connectivity index is 1.80. The van der Waals surface area contributed by atoms with E-state index in [1.54, 1.807) is 0 Å². The monoisotopic (exact) mass is 632 g/mol. The predicted octanol–water partition coefficient (Wildman–Crippen LogP) is -9.32. The van der Waals surface area contributed by atoms with Crippen LogP contribution in [0, 0.1) is 0 Å². The van der Waals surface area contributed by atoms with Gasteiger partial charge in [0.1, 0.15) is 61.0 Å². The molecule has 19 nitrogen and oxygen atoms in total. The molecule has 0 amide bonds. The van der Waals surface area contributed by atoms with E-state index in [1.807, 2.05) is 0 Å². The van der Waals surface area contributed by atoms with E-state index >= 15 is 0 Å². The molecular formula is C24H48N4O15. The van der Waals surface area contributed by atoms with Crippen LogP contribution in [0.3, 0.4) is 0 Å². The molecule has 17 N–H and O–H groups in total. The Hall–Kier alpha value is -0.760. The molecule has 16 atom stereocenters. The Bertz CT molecular complexity index is 819. The number of rotatable bonds is 14. The van der Waals surface area contributed by atoms with Crippen molar-refractivity contribution >= 4 is 0 Å². The second-order valence-electron chi connectivity index (χ2n) is 11.2. The second-order valence-corrected chi connectivity index (χ2v) is 11.2. The molecule has 2 aliphatic heterocycles. The van der Waals surface area contributed by atoms with Crippen LogP contribution in [0.15, 0.2) is 0 Å². The lowest BCUT2D eigenvalue weighted by Gasteiger charge is -2.49. The minimum absolute atomic E-state index is 0.0260. The molecule has 1 aliphatic carbocycles. The van der Waals surface area contributed by atoms with Crippen LogP contribution in [0.4, 0.5) is 0 Å². The van der Waals surface area contributed by atoms with Crippen LogP contribution in [0.25, 0.3) is 0 Å². The molecule has 0 radical (unpaired) electrons. The van der Waals surface area contributed by atoms with E-state index in [0.29, 0.717) is 0 Å². The molecule has 43 heavy (non-hydrogen) atoms. The Morgan fingerprint density at radius 3 is 1.93 bits per heavy atom. The molecule has 0 aromatic carbocycles. The van der Waals surface area contributed by atoms with E-state index in [-0.39, 0.29) is 19.5 Å². The summed E-state index contributed by atoms with van der Waals surface area (Å²) in [5.41, 5.74) is 12.2. The topological polar surface area (TPSA) is 336 Å². The number of hydrogen-bond acceptors (Lipinski definition) is 19. The molecule has 1 saturated carbocycles. The number of hydrogen-bond donors (Lipinski definition) is 15. The highest BCUT2D eigenvalue weighted by Gasteiger charge is 2.52. The maximum Gasteiger partial charge on any atom is 0.187 e. The number of aliphatic hydroxyl groups excluding tert-OH is 11. The van der Waals surface area contributed by atoms with Crippen LogP contribution >= 0.6 is 0 Å². The average molecular weight is 633 g/mol. The van der Waals surface area contributed by atoms with Gasteiger partial charge in [-0.15, -0.1) is 0 Å². The minimum atomic E-state index is -1.79. The largest absolute Gasteiger partial charge is 0.395 e. The zero-order chi connectivity index (χ0) is 32.0. The standard InChI is InChI=1S/C24H48N4O15/c25-10-1-11(28-8(4-29)5-30)22(43-23-17(36)14(26)15(34)13(7-32)41-23)20(39)21(10)42-24-19(38)18(37)16(35)12(40-24)3-27-2-9(33)6-31/h8-24,27-39H,1-7,25-26H2/t9?,10-,11+,12+,13+,14-,15+,16+,17+,18-,19+,20-,21?,22-,23+,24+/m0/s1. The third kappa shape index (κ3) is 8.74. The van der Waals surface area contributed by atoms with E-state index in [2.05, 4.69) is 10.6 Å². The van der Waals surface area contributed by atoms with Gasteiger partial charge >= 0.3 is 0 Å². The van der Waals surface area contributed by atoms with Crippen molar-refractivity contribution in [2.45, 2.75) is 110 Å². The molecule has 0 aromatic heterocycles. The lowest BCUT2D eigenvalue weighted by molar-refractivity contribution is -0.333. The Labute approximate surface area is 247 Å². The van der Waals surface area contributed by atoms with Crippen molar-refractivity contribution in [1.29, 1.82) is 0 Å². The SMILES string of the molecule is N[C@@H]1[C@@H](O)[C@@H](O[C@H]2[C@H](NC(CO)CO)C[C@H](N)C(O[C@H]3O[C@H](CNCC(O)CO)[C@@H](O)[C@H](O)[C@H]3O)[C@@H]2O)O[C@H](CO)[C@H]1O. The molecule has 2 heterocycles. The molecule has 19 heteroatoms. The van der Waals surface area contributed by atoms with E-state index in [0.717, 1.165) is 0 Å². The van der Waals surface area contributed by atoms with Gasteiger partial charge in [0, 0.05) is 25.2 Å². The van der Waals surface area contributed by atoms with Crippen molar-refractivity contribution in [3.8, 4) is 0 Å². The first kappa shape index (κ1) is 36.7. The lowest BCUT2D eigenvalue weighted by Crippen LogP contribution is -2.69. The molecule has 3 fully saturated rings. The van der Waals surface area contributed by atoms with Gasteiger partial charge in [-0.25, -0.2) is 0 Å². The van der Waals surface area contributed by atoms with Crippen molar-refractivity contribution in [1.82, 2.24) is 10.6 Å². The Morgan fingerprint density at radius 1 is 0.721 bits per heavy atom. The average Bonchev–Trinajstić information content (AvgIpc) is 3.00. The summed E-state index contributed by atoms with van der Waals surface area (Å²) in [7, 11) is 0. The van der Waals surface area contributed by atoms with E-state index in [4.69, 9.17) is 35.5 Å². The predicted molar refractivity (Wildman–Crippen MR) is 142 cm³/mol. The third-order valence-corrected chi connectivity index (χ3v) is 8.03. The van der Waals surface area contributed by atoms with Crippen LogP contribution in [-0.2, 0) is 18.9 Å². The van der Waals surface area contributed by atoms with Gasteiger partial charge in [-0.3, -0.25) is 0 Å². The van der Waals surface area contributed by atoms with Gasteiger partial charge in [0.15, 0.2) is 12.6 Å². The molecular weight excluding hydrogens is 584 g/mol. The quantitative estimate of drug-likeness (QED) is 0.0844. The highest BCUT2D eigenvalue weighted by Crippen LogP contribution is 2.32. The first-order valence-electron chi connectivity index (χ1n) is 14.2. The van der Waals surface area contributed by atoms with Crippen molar-refractivity contribution in [2.75, 3.05) is 39.5 Å². The van der Waals surface area contributed by atoms with E-state index in [9.17, 15) is 51.1 Å². The fourth-order valence-corrected chi connectivity index (χ4v) is 5.42. The maximum absolute atomic E-state index is 11.4. The first-order valence-corrected chi connectivity index (χ1v) is 14.2. The fraction of sp³-hybridized carbons (Fsp3) is 1.00. The fourth-order valence-electron chi connectivity index (χ4n) is 5.42. The van der Waals surface area contributed by atoms with Crippen LogP contribution < -0.4 is 22.1 Å². The van der Waals surface area contributed by atoms with Crippen molar-refractivity contribution < 1.29 is 75.1 Å². The summed E-state index contributed by atoms with van der Waals surface area (Å²) in [5.74, 6) is 0. The third-order valence-electron chi connectivity index (χ3n) is 8.03. The van der Waals surface area contributed by atoms with Crippen LogP contribution in [-0.4, -0.2) is 200 Å². The first-order chi connectivity index (χ1) is 20.4. The molecule has 2 unspecified atom stereocenters. The highest BCUT2D eigenvalue weighted by atomic mass is 16.7. The van der Waals surface area contributed by atoms with Crippen LogP contribution in [0.1, 0.15) is 6.42 Å². The summed E-state index contributed by atoms with van der Waals surface area (Å²) in [6.07, 6.45) is -19.2. The molecule has 0 spiro atoms. The van der Waals surface area contributed by atoms with Crippen molar-refractivity contribution in [3.63, 3.8) is 0 Å². The molecule has 0 bridgehead atoms. The number of ether oxygens (including phenoxy) is 4. The normalized spacial score (nSPS) is 44.9. The maximum atomic E-state index is 11.4. The van der Waals surface area contributed by atoms with Crippen LogP contribution in [0.5, 0.6) is 0 Å². The van der Waals surface area contributed by atoms with Gasteiger partial charge in [-0.2, -0.15) is 0 Å². The summed E-state index contributed by atoms with van der Waals surface area (Å²) in [5, 5.41) is 117. The van der Waals surface area contributed by atoms with Crippen molar-refractivity contribution in [2.24, 2.45) is 11.5 Å². The number of nitrogens with two attached hydrogens (primary N) is 2. The molecule has 3 aliphatic rings. The van der Waals surface area contributed by atoms with Crippen LogP contribution in [0.2, 0.25) is 0 Å². The van der Waals surface area contributed by atoms with Gasteiger partial charge < -0.3 is 97.2 Å². The Kier molecular flexibility index (Phi) is 14.3. The highest BCUT2D eigenvalue weighted by molar-refractivity contribution is 5.03. The van der Waals surface area contributed by atoms with E-state index < -0.39 is 130 Å². The summed E-state index contributed by atoms with van der Waals surface area (Å²) in [6, 6.07) is -4.03. The summed E-state index contributed by atoms with van der Waals surface area (Å²) in [6.45, 7) is -2.36. The van der Waals surface area contributed by atoms with Gasteiger partial charge in [0.2, 0.25) is 0 Å². The molecule has 254 valence electrons. The Morgan fingerprint density at radius 2 is 1.33 bits per heavy atom. The molecule has 2 saturated heterocycles.